The molecule has 0 spiro atoms. The zero-order chi connectivity index (χ0) is 18.9. The van der Waals surface area contributed by atoms with E-state index in [4.69, 9.17) is 9.47 Å². The Morgan fingerprint density at radius 2 is 1.73 bits per heavy atom. The first-order valence-corrected chi connectivity index (χ1v) is 9.70. The molecule has 0 unspecified atom stereocenters. The highest BCUT2D eigenvalue weighted by molar-refractivity contribution is 7.90. The minimum Gasteiger partial charge on any atom is -0.486 e. The van der Waals surface area contributed by atoms with Crippen LogP contribution in [0.3, 0.4) is 0 Å². The molecule has 2 aliphatic rings. The van der Waals surface area contributed by atoms with E-state index in [1.165, 1.54) is 18.2 Å². The van der Waals surface area contributed by atoms with Gasteiger partial charge in [0.25, 0.3) is 10.0 Å². The van der Waals surface area contributed by atoms with E-state index in [0.29, 0.717) is 25.2 Å². The molecule has 10 heteroatoms. The Morgan fingerprint density at radius 3 is 2.42 bits per heavy atom. The van der Waals surface area contributed by atoms with Crippen LogP contribution in [0.2, 0.25) is 0 Å². The van der Waals surface area contributed by atoms with E-state index in [1.54, 1.807) is 4.72 Å². The molecular formula is C16H18F3NO5S. The van der Waals surface area contributed by atoms with Crippen molar-refractivity contribution in [1.29, 1.82) is 0 Å². The summed E-state index contributed by atoms with van der Waals surface area (Å²) in [5.41, 5.74) is 0. The molecule has 1 aromatic rings. The maximum absolute atomic E-state index is 13.1. The van der Waals surface area contributed by atoms with Crippen LogP contribution in [0.4, 0.5) is 13.2 Å². The number of sulfonamides is 1. The summed E-state index contributed by atoms with van der Waals surface area (Å²) in [5, 5.41) is 0. The summed E-state index contributed by atoms with van der Waals surface area (Å²) in [4.78, 5) is 12.0. The minimum atomic E-state index is -4.54. The number of amides is 1. The van der Waals surface area contributed by atoms with Gasteiger partial charge in [-0.05, 0) is 25.0 Å². The Kier molecular flexibility index (Phi) is 5.05. The number of rotatable bonds is 3. The van der Waals surface area contributed by atoms with Gasteiger partial charge in [0.15, 0.2) is 11.5 Å². The average Bonchev–Trinajstić information content (AvgIpc) is 2.60. The van der Waals surface area contributed by atoms with Gasteiger partial charge >= 0.3 is 6.18 Å². The van der Waals surface area contributed by atoms with E-state index in [-0.39, 0.29) is 30.1 Å². The van der Waals surface area contributed by atoms with Gasteiger partial charge in [-0.15, -0.1) is 0 Å². The molecule has 0 radical (unpaired) electrons. The third-order valence-corrected chi connectivity index (χ3v) is 5.93. The van der Waals surface area contributed by atoms with Crippen LogP contribution in [-0.4, -0.2) is 33.7 Å². The van der Waals surface area contributed by atoms with E-state index in [2.05, 4.69) is 0 Å². The van der Waals surface area contributed by atoms with E-state index >= 15 is 0 Å². The summed E-state index contributed by atoms with van der Waals surface area (Å²) in [7, 11) is -4.31. The van der Waals surface area contributed by atoms with Crippen molar-refractivity contribution in [2.24, 2.45) is 11.8 Å². The molecule has 0 bridgehead atoms. The quantitative estimate of drug-likeness (QED) is 0.854. The monoisotopic (exact) mass is 393 g/mol. The second-order valence-corrected chi connectivity index (χ2v) is 8.00. The van der Waals surface area contributed by atoms with Crippen molar-refractivity contribution in [1.82, 2.24) is 4.72 Å². The fraction of sp³-hybridized carbons (Fsp3) is 0.562. The summed E-state index contributed by atoms with van der Waals surface area (Å²) in [6.07, 6.45) is -3.89. The maximum Gasteiger partial charge on any atom is 0.392 e. The molecule has 0 saturated heterocycles. The predicted octanol–water partition coefficient (Wildman–Crippen LogP) is 2.63. The summed E-state index contributed by atoms with van der Waals surface area (Å²) in [6, 6.07) is 3.78. The van der Waals surface area contributed by atoms with Crippen molar-refractivity contribution in [3.63, 3.8) is 0 Å². The summed E-state index contributed by atoms with van der Waals surface area (Å²) in [6.45, 7) is 0.578. The molecule has 2 atom stereocenters. The van der Waals surface area contributed by atoms with Crippen LogP contribution >= 0.6 is 0 Å². The Hall–Kier alpha value is -1.97. The fourth-order valence-corrected chi connectivity index (χ4v) is 4.34. The first kappa shape index (κ1) is 18.8. The van der Waals surface area contributed by atoms with E-state index < -0.39 is 33.9 Å². The second-order valence-electron chi connectivity index (χ2n) is 6.31. The molecular weight excluding hydrogens is 375 g/mol. The Labute approximate surface area is 148 Å². The summed E-state index contributed by atoms with van der Waals surface area (Å²) in [5.74, 6) is -3.78. The first-order valence-electron chi connectivity index (χ1n) is 8.21. The van der Waals surface area contributed by atoms with Crippen LogP contribution in [0.5, 0.6) is 11.5 Å². The highest BCUT2D eigenvalue weighted by atomic mass is 32.2. The minimum absolute atomic E-state index is 0.00662. The van der Waals surface area contributed by atoms with E-state index in [0.717, 1.165) is 0 Å². The highest BCUT2D eigenvalue weighted by Gasteiger charge is 2.48. The van der Waals surface area contributed by atoms with Gasteiger partial charge in [-0.1, -0.05) is 12.8 Å². The van der Waals surface area contributed by atoms with Crippen molar-refractivity contribution in [2.45, 2.75) is 36.8 Å². The number of ether oxygens (including phenoxy) is 2. The van der Waals surface area contributed by atoms with Crippen molar-refractivity contribution in [3.8, 4) is 11.5 Å². The van der Waals surface area contributed by atoms with Crippen molar-refractivity contribution in [3.05, 3.63) is 18.2 Å². The predicted molar refractivity (Wildman–Crippen MR) is 84.3 cm³/mol. The smallest absolute Gasteiger partial charge is 0.392 e. The SMILES string of the molecule is O=C(NS(=O)(=O)c1ccc2c(c1)OCCO2)[C@@H]1CCCC[C@@H]1C(F)(F)F. The van der Waals surface area contributed by atoms with Crippen molar-refractivity contribution >= 4 is 15.9 Å². The summed E-state index contributed by atoms with van der Waals surface area (Å²) >= 11 is 0. The molecule has 1 aliphatic heterocycles. The van der Waals surface area contributed by atoms with Crippen LogP contribution in [0.1, 0.15) is 25.7 Å². The highest BCUT2D eigenvalue weighted by Crippen LogP contribution is 2.41. The Balaban J connectivity index is 1.79. The molecule has 1 saturated carbocycles. The number of hydrogen-bond acceptors (Lipinski definition) is 5. The zero-order valence-corrected chi connectivity index (χ0v) is 14.5. The van der Waals surface area contributed by atoms with E-state index in [1.807, 2.05) is 0 Å². The standard InChI is InChI=1S/C16H18F3NO5S/c17-16(18,19)12-4-2-1-3-11(12)15(21)20-26(22,23)10-5-6-13-14(9-10)25-8-7-24-13/h5-6,9,11-12H,1-4,7-8H2,(H,20,21)/t11-,12+/m1/s1. The van der Waals surface area contributed by atoms with Crippen LogP contribution in [0.15, 0.2) is 23.1 Å². The summed E-state index contributed by atoms with van der Waals surface area (Å²) < 4.78 is 76.6. The maximum atomic E-state index is 13.1. The zero-order valence-electron chi connectivity index (χ0n) is 13.7. The van der Waals surface area contributed by atoms with Gasteiger partial charge < -0.3 is 9.47 Å². The lowest BCUT2D eigenvalue weighted by Crippen LogP contribution is -2.44. The van der Waals surface area contributed by atoms with Gasteiger partial charge in [-0.2, -0.15) is 13.2 Å². The molecule has 1 fully saturated rings. The number of fused-ring (bicyclic) bond motifs is 1. The van der Waals surface area contributed by atoms with Gasteiger partial charge in [0.2, 0.25) is 5.91 Å². The molecule has 1 amide bonds. The van der Waals surface area contributed by atoms with Crippen LogP contribution in [0.25, 0.3) is 0 Å². The first-order chi connectivity index (χ1) is 12.2. The molecule has 6 nitrogen and oxygen atoms in total. The van der Waals surface area contributed by atoms with Gasteiger partial charge in [-0.25, -0.2) is 13.1 Å². The van der Waals surface area contributed by atoms with Crippen LogP contribution in [-0.2, 0) is 14.8 Å². The normalized spacial score (nSPS) is 23.3. The number of carbonyl (C=O) groups is 1. The lowest BCUT2D eigenvalue weighted by Gasteiger charge is -2.31. The average molecular weight is 393 g/mol. The third-order valence-electron chi connectivity index (χ3n) is 4.58. The largest absolute Gasteiger partial charge is 0.486 e. The number of halogens is 3. The molecule has 3 rings (SSSR count). The lowest BCUT2D eigenvalue weighted by molar-refractivity contribution is -0.197. The van der Waals surface area contributed by atoms with Crippen LogP contribution < -0.4 is 14.2 Å². The van der Waals surface area contributed by atoms with E-state index in [9.17, 15) is 26.4 Å². The molecule has 144 valence electrons. The molecule has 1 aliphatic carbocycles. The molecule has 26 heavy (non-hydrogen) atoms. The topological polar surface area (TPSA) is 81.7 Å². The Bertz CT molecular complexity index is 794. The number of nitrogens with one attached hydrogen (secondary N) is 1. The van der Waals surface area contributed by atoms with Gasteiger partial charge in [0, 0.05) is 6.07 Å². The molecule has 1 aromatic carbocycles. The number of alkyl halides is 3. The van der Waals surface area contributed by atoms with Crippen LogP contribution in [0, 0.1) is 11.8 Å². The van der Waals surface area contributed by atoms with Crippen molar-refractivity contribution < 1.29 is 35.9 Å². The Morgan fingerprint density at radius 1 is 1.08 bits per heavy atom. The molecule has 0 aromatic heterocycles. The van der Waals surface area contributed by atoms with Gasteiger partial charge in [-0.3, -0.25) is 4.79 Å². The fourth-order valence-electron chi connectivity index (χ4n) is 3.29. The lowest BCUT2D eigenvalue weighted by atomic mass is 9.78. The van der Waals surface area contributed by atoms with Gasteiger partial charge in [0.1, 0.15) is 13.2 Å². The van der Waals surface area contributed by atoms with Gasteiger partial charge in [0.05, 0.1) is 16.7 Å². The molecule has 1 N–H and O–H groups in total. The second kappa shape index (κ2) is 6.98. The third kappa shape index (κ3) is 3.89. The number of hydrogen-bond donors (Lipinski definition) is 1. The molecule has 1 heterocycles. The van der Waals surface area contributed by atoms with Crippen molar-refractivity contribution in [2.75, 3.05) is 13.2 Å². The number of benzene rings is 1. The number of carbonyl (C=O) groups excluding carboxylic acids is 1.